The van der Waals surface area contributed by atoms with Crippen LogP contribution in [-0.2, 0) is 39.1 Å². The number of benzene rings is 1. The molecule has 0 saturated heterocycles. The predicted molar refractivity (Wildman–Crippen MR) is 104 cm³/mol. The van der Waals surface area contributed by atoms with E-state index in [0.717, 1.165) is 31.4 Å². The van der Waals surface area contributed by atoms with Gasteiger partial charge in [0.1, 0.15) is 11.5 Å². The van der Waals surface area contributed by atoms with Crippen LogP contribution < -0.4 is 4.74 Å². The van der Waals surface area contributed by atoms with Crippen molar-refractivity contribution in [1.29, 1.82) is 0 Å². The van der Waals surface area contributed by atoms with E-state index in [1.807, 2.05) is 12.1 Å². The number of furan rings is 1. The number of nitrogens with zero attached hydrogens (tertiary/aromatic N) is 1. The Bertz CT molecular complexity index is 716. The zero-order valence-electron chi connectivity index (χ0n) is 14.5. The topological polar surface area (TPSA) is 47.0 Å². The summed E-state index contributed by atoms with van der Waals surface area (Å²) in [5.41, 5.74) is 0. The first-order chi connectivity index (χ1) is 12.2. The van der Waals surface area contributed by atoms with Gasteiger partial charge < -0.3 is 19.1 Å². The van der Waals surface area contributed by atoms with Gasteiger partial charge in [0.15, 0.2) is 0 Å². The first kappa shape index (κ1) is 21.7. The summed E-state index contributed by atoms with van der Waals surface area (Å²) >= 11 is 2.49. The molecule has 26 heavy (non-hydrogen) atoms. The van der Waals surface area contributed by atoms with E-state index >= 15 is 0 Å². The Labute approximate surface area is 193 Å². The molecule has 1 aliphatic rings. The summed E-state index contributed by atoms with van der Waals surface area (Å²) in [7, 11) is 0. The number of phenols is 1. The van der Waals surface area contributed by atoms with Crippen LogP contribution in [0.4, 0.5) is 0 Å². The van der Waals surface area contributed by atoms with E-state index in [4.69, 9.17) is 15.7 Å². The summed E-state index contributed by atoms with van der Waals surface area (Å²) in [6.45, 7) is 8.05. The fraction of sp³-hybridized carbons (Fsp3) is 0.450. The molecule has 1 saturated carbocycles. The summed E-state index contributed by atoms with van der Waals surface area (Å²) in [5, 5.41) is 9.56. The number of alkyl halides is 1. The molecule has 3 rings (SSSR count). The minimum atomic E-state index is 0. The second-order valence-electron chi connectivity index (χ2n) is 6.50. The fourth-order valence-electron chi connectivity index (χ4n) is 3.59. The van der Waals surface area contributed by atoms with Gasteiger partial charge in [0.05, 0.1) is 12.5 Å². The molecule has 1 heterocycles. The van der Waals surface area contributed by atoms with Crippen LogP contribution in [0.1, 0.15) is 25.0 Å². The smallest absolute Gasteiger partial charge is 0.231 e. The van der Waals surface area contributed by atoms with Crippen molar-refractivity contribution in [2.45, 2.75) is 35.6 Å². The Balaban J connectivity index is 0.00000243. The third-order valence-corrected chi connectivity index (χ3v) is 6.32. The van der Waals surface area contributed by atoms with Crippen molar-refractivity contribution < 1.29 is 47.0 Å². The van der Waals surface area contributed by atoms with Gasteiger partial charge in [0.2, 0.25) is 6.04 Å². The average Bonchev–Trinajstić information content (AvgIpc) is 3.22. The Morgan fingerprint density at radius 3 is 2.88 bits per heavy atom. The van der Waals surface area contributed by atoms with Gasteiger partial charge in [0.25, 0.3) is 0 Å². The molecule has 4 nitrogen and oxygen atoms in total. The van der Waals surface area contributed by atoms with Gasteiger partial charge in [-0.3, -0.25) is 0 Å². The Kier molecular flexibility index (Phi) is 8.92. The van der Waals surface area contributed by atoms with Gasteiger partial charge in [-0.25, -0.2) is 6.57 Å². The molecule has 1 aliphatic carbocycles. The van der Waals surface area contributed by atoms with Gasteiger partial charge in [0, 0.05) is 49.1 Å². The van der Waals surface area contributed by atoms with E-state index in [1.54, 1.807) is 24.3 Å². The molecule has 6 heteroatoms. The maximum Gasteiger partial charge on any atom is 0.231 e. The van der Waals surface area contributed by atoms with Crippen molar-refractivity contribution in [3.8, 4) is 11.5 Å². The number of phenolic OH excluding ortho intramolecular Hbond substituents is 1. The standard InChI is InChI=1S/C20H21INO3.Y/c1-22-20-12-19(21)17(9-3-6-15-8-4-10-24-15)18(20)13-25-16-7-2-5-14(23)11-16;/h2,4-5,7-8,11,17-20,23H,3,6,9,12-13H2;/q-1;/t17-,18-,19?,20?;/m1./s1. The van der Waals surface area contributed by atoms with E-state index in [2.05, 4.69) is 33.7 Å². The summed E-state index contributed by atoms with van der Waals surface area (Å²) in [6, 6.07) is 10.6. The quantitative estimate of drug-likeness (QED) is 0.309. The fourth-order valence-corrected chi connectivity index (χ4v) is 5.01. The molecule has 0 spiro atoms. The molecular weight excluding hydrogens is 518 g/mol. The van der Waals surface area contributed by atoms with Gasteiger partial charge in [-0.2, -0.15) is 6.07 Å². The number of hydrogen-bond acceptors (Lipinski definition) is 3. The molecule has 1 aromatic heterocycles. The molecule has 4 atom stereocenters. The van der Waals surface area contributed by atoms with Crippen molar-refractivity contribution in [3.05, 3.63) is 59.8 Å². The molecule has 0 amide bonds. The van der Waals surface area contributed by atoms with Crippen LogP contribution in [0.15, 0.2) is 40.8 Å². The number of halogens is 1. The number of aromatic hydroxyl groups is 1. The summed E-state index contributed by atoms with van der Waals surface area (Å²) in [5.74, 6) is 2.52. The molecule has 1 aromatic carbocycles. The molecule has 2 aromatic rings. The third-order valence-electron chi connectivity index (χ3n) is 4.89. The molecule has 0 aliphatic heterocycles. The Morgan fingerprint density at radius 2 is 2.19 bits per heavy atom. The van der Waals surface area contributed by atoms with E-state index in [1.165, 1.54) is 0 Å². The van der Waals surface area contributed by atoms with Crippen LogP contribution in [0.3, 0.4) is 0 Å². The van der Waals surface area contributed by atoms with Crippen molar-refractivity contribution in [2.75, 3.05) is 6.61 Å². The summed E-state index contributed by atoms with van der Waals surface area (Å²) in [6.07, 6.45) is 6.67. The number of ether oxygens (including phenoxy) is 1. The largest absolute Gasteiger partial charge is 0.596 e. The van der Waals surface area contributed by atoms with E-state index in [-0.39, 0.29) is 50.4 Å². The Hall–Kier alpha value is -0.576. The van der Waals surface area contributed by atoms with Crippen LogP contribution in [0, 0.1) is 24.7 Å². The summed E-state index contributed by atoms with van der Waals surface area (Å²) in [4.78, 5) is 3.85. The van der Waals surface area contributed by atoms with E-state index in [9.17, 15) is 5.11 Å². The minimum Gasteiger partial charge on any atom is -0.596 e. The van der Waals surface area contributed by atoms with E-state index < -0.39 is 0 Å². The second kappa shape index (κ2) is 10.7. The van der Waals surface area contributed by atoms with E-state index in [0.29, 0.717) is 22.2 Å². The van der Waals surface area contributed by atoms with Crippen LogP contribution in [-0.4, -0.2) is 21.7 Å². The second-order valence-corrected chi connectivity index (χ2v) is 8.10. The zero-order chi connectivity index (χ0) is 17.6. The van der Waals surface area contributed by atoms with Crippen LogP contribution in [0.5, 0.6) is 11.5 Å². The van der Waals surface area contributed by atoms with Crippen molar-refractivity contribution in [1.82, 2.24) is 0 Å². The predicted octanol–water partition coefficient (Wildman–Crippen LogP) is 4.91. The zero-order valence-corrected chi connectivity index (χ0v) is 19.5. The molecule has 1 N–H and O–H groups in total. The van der Waals surface area contributed by atoms with Gasteiger partial charge in [-0.1, -0.05) is 47.3 Å². The monoisotopic (exact) mass is 539 g/mol. The molecule has 1 radical (unpaired) electrons. The number of rotatable bonds is 7. The average molecular weight is 539 g/mol. The molecular formula is C20H21INO3Y-. The summed E-state index contributed by atoms with van der Waals surface area (Å²) < 4.78 is 11.7. The molecule has 135 valence electrons. The first-order valence-corrected chi connectivity index (χ1v) is 9.79. The van der Waals surface area contributed by atoms with Gasteiger partial charge >= 0.3 is 0 Å². The number of aryl methyl sites for hydroxylation is 1. The Morgan fingerprint density at radius 1 is 1.35 bits per heavy atom. The van der Waals surface area contributed by atoms with Crippen molar-refractivity contribution in [2.24, 2.45) is 11.8 Å². The normalized spacial score (nSPS) is 24.6. The SMILES string of the molecule is [C-]#[N+]C1CC(I)[C@H](CCCc2cc[c-]o2)[C@H]1COc1cccc(O)c1.[Y]. The van der Waals surface area contributed by atoms with Crippen molar-refractivity contribution >= 4 is 22.6 Å². The van der Waals surface area contributed by atoms with Gasteiger partial charge in [-0.05, 0) is 30.7 Å². The molecule has 2 unspecified atom stereocenters. The minimum absolute atomic E-state index is 0. The van der Waals surface area contributed by atoms with Crippen LogP contribution in [0.25, 0.3) is 4.85 Å². The molecule has 0 bridgehead atoms. The van der Waals surface area contributed by atoms with Crippen LogP contribution in [0.2, 0.25) is 0 Å². The first-order valence-electron chi connectivity index (χ1n) is 8.54. The maximum atomic E-state index is 9.56. The number of hydrogen-bond donors (Lipinski definition) is 1. The maximum absolute atomic E-state index is 9.56. The van der Waals surface area contributed by atoms with Gasteiger partial charge in [-0.15, -0.1) is 6.07 Å². The van der Waals surface area contributed by atoms with Crippen molar-refractivity contribution in [3.63, 3.8) is 0 Å². The third kappa shape index (κ3) is 5.71. The van der Waals surface area contributed by atoms with Crippen LogP contribution >= 0.6 is 22.6 Å². The molecule has 1 fully saturated rings.